The van der Waals surface area contributed by atoms with Crippen molar-refractivity contribution in [2.45, 2.75) is 25.3 Å². The molecule has 146 valence electrons. The van der Waals surface area contributed by atoms with Crippen LogP contribution < -0.4 is 5.32 Å². The summed E-state index contributed by atoms with van der Waals surface area (Å²) >= 11 is 0. The number of rotatable bonds is 4. The fourth-order valence-corrected chi connectivity index (χ4v) is 3.64. The highest BCUT2D eigenvalue weighted by Crippen LogP contribution is 2.32. The van der Waals surface area contributed by atoms with Crippen LogP contribution in [0.1, 0.15) is 24.8 Å². The number of nitrogens with zero attached hydrogens (tertiary/aromatic N) is 4. The molecule has 28 heavy (non-hydrogen) atoms. The van der Waals surface area contributed by atoms with Crippen molar-refractivity contribution in [1.82, 2.24) is 20.1 Å². The summed E-state index contributed by atoms with van der Waals surface area (Å²) in [5, 5.41) is 13.3. The fourth-order valence-electron chi connectivity index (χ4n) is 3.64. The first-order valence-corrected chi connectivity index (χ1v) is 9.16. The number of nitrogens with one attached hydrogen (secondary N) is 1. The van der Waals surface area contributed by atoms with Crippen molar-refractivity contribution in [3.63, 3.8) is 0 Å². The summed E-state index contributed by atoms with van der Waals surface area (Å²) in [6, 6.07) is 5.35. The third-order valence-electron chi connectivity index (χ3n) is 5.05. The lowest BCUT2D eigenvalue weighted by atomic mass is 10.0. The van der Waals surface area contributed by atoms with Crippen molar-refractivity contribution in [2.75, 3.05) is 25.5 Å². The molecule has 8 heteroatoms. The summed E-state index contributed by atoms with van der Waals surface area (Å²) in [4.78, 5) is 6.42. The Hall–Kier alpha value is -2.74. The monoisotopic (exact) mass is 387 g/mol. The van der Waals surface area contributed by atoms with Gasteiger partial charge in [-0.1, -0.05) is 6.07 Å². The molecule has 1 atom stereocenters. The van der Waals surface area contributed by atoms with E-state index in [1.165, 1.54) is 12.1 Å². The number of benzene rings is 1. The first kappa shape index (κ1) is 18.6. The van der Waals surface area contributed by atoms with Crippen molar-refractivity contribution < 1.29 is 13.2 Å². The number of piperidine rings is 1. The quantitative estimate of drug-likeness (QED) is 0.724. The second-order valence-corrected chi connectivity index (χ2v) is 7.10. The van der Waals surface area contributed by atoms with Gasteiger partial charge in [0.15, 0.2) is 5.82 Å². The molecule has 0 amide bonds. The topological polar surface area (TPSA) is 53.9 Å². The second kappa shape index (κ2) is 7.71. The van der Waals surface area contributed by atoms with Crippen molar-refractivity contribution in [3.05, 3.63) is 48.0 Å². The number of hydrogen-bond acceptors (Lipinski definition) is 5. The molecule has 0 spiro atoms. The Morgan fingerprint density at radius 2 is 2.04 bits per heavy atom. The largest absolute Gasteiger partial charge is 0.364 e. The SMILES string of the molecule is CN1CCC[C@@H](Nc2nnc(-c3ccc(C(F)F)cc3F)c3ccncc23)C1. The summed E-state index contributed by atoms with van der Waals surface area (Å²) in [5.41, 5.74) is 0.0824. The number of halogens is 3. The van der Waals surface area contributed by atoms with Crippen molar-refractivity contribution in [2.24, 2.45) is 0 Å². The van der Waals surface area contributed by atoms with Gasteiger partial charge in [0.2, 0.25) is 0 Å². The third kappa shape index (κ3) is 3.64. The zero-order valence-corrected chi connectivity index (χ0v) is 15.4. The zero-order valence-electron chi connectivity index (χ0n) is 15.4. The Balaban J connectivity index is 1.74. The fraction of sp³-hybridized carbons (Fsp3) is 0.350. The second-order valence-electron chi connectivity index (χ2n) is 7.10. The van der Waals surface area contributed by atoms with E-state index in [2.05, 4.69) is 32.4 Å². The summed E-state index contributed by atoms with van der Waals surface area (Å²) < 4.78 is 40.1. The van der Waals surface area contributed by atoms with Gasteiger partial charge in [0.1, 0.15) is 11.5 Å². The highest BCUT2D eigenvalue weighted by molar-refractivity contribution is 5.99. The first-order chi connectivity index (χ1) is 13.5. The van der Waals surface area contributed by atoms with E-state index in [1.54, 1.807) is 18.5 Å². The van der Waals surface area contributed by atoms with Crippen LogP contribution in [-0.2, 0) is 0 Å². The lowest BCUT2D eigenvalue weighted by molar-refractivity contribution is 0.151. The third-order valence-corrected chi connectivity index (χ3v) is 5.05. The molecule has 0 bridgehead atoms. The Bertz CT molecular complexity index is 995. The molecule has 1 fully saturated rings. The van der Waals surface area contributed by atoms with Crippen molar-refractivity contribution >= 4 is 16.6 Å². The van der Waals surface area contributed by atoms with Gasteiger partial charge in [-0.05, 0) is 44.6 Å². The molecule has 0 unspecified atom stereocenters. The Labute approximate surface area is 160 Å². The number of likely N-dealkylation sites (tertiary alicyclic amines) is 1. The molecule has 5 nitrogen and oxygen atoms in total. The molecule has 1 N–H and O–H groups in total. The summed E-state index contributed by atoms with van der Waals surface area (Å²) in [7, 11) is 2.08. The lowest BCUT2D eigenvalue weighted by Gasteiger charge is -2.30. The van der Waals surface area contributed by atoms with Gasteiger partial charge >= 0.3 is 0 Å². The molecule has 1 aliphatic heterocycles. The van der Waals surface area contributed by atoms with E-state index < -0.39 is 12.2 Å². The minimum Gasteiger partial charge on any atom is -0.364 e. The molecule has 0 saturated carbocycles. The average Bonchev–Trinajstić information content (AvgIpc) is 2.68. The number of alkyl halides is 2. The van der Waals surface area contributed by atoms with E-state index in [-0.39, 0.29) is 17.2 Å². The van der Waals surface area contributed by atoms with Gasteiger partial charge in [0.25, 0.3) is 6.43 Å². The molecule has 3 heterocycles. The summed E-state index contributed by atoms with van der Waals surface area (Å²) in [5.74, 6) is -0.156. The van der Waals surface area contributed by atoms with E-state index in [0.29, 0.717) is 16.9 Å². The lowest BCUT2D eigenvalue weighted by Crippen LogP contribution is -2.40. The number of anilines is 1. The molecule has 1 aromatic carbocycles. The maximum absolute atomic E-state index is 14.5. The van der Waals surface area contributed by atoms with Crippen molar-refractivity contribution in [1.29, 1.82) is 0 Å². The molecule has 1 saturated heterocycles. The Morgan fingerprint density at radius 3 is 2.79 bits per heavy atom. The average molecular weight is 387 g/mol. The van der Waals surface area contributed by atoms with Crippen LogP contribution in [0.4, 0.5) is 19.0 Å². The van der Waals surface area contributed by atoms with Crippen LogP contribution >= 0.6 is 0 Å². The zero-order chi connectivity index (χ0) is 19.7. The maximum Gasteiger partial charge on any atom is 0.263 e. The number of likely N-dealkylation sites (N-methyl/N-ethyl adjacent to an activating group) is 1. The van der Waals surface area contributed by atoms with E-state index in [9.17, 15) is 13.2 Å². The van der Waals surface area contributed by atoms with Crippen molar-refractivity contribution in [3.8, 4) is 11.3 Å². The van der Waals surface area contributed by atoms with Gasteiger partial charge in [0, 0.05) is 46.9 Å². The minimum absolute atomic E-state index is 0.136. The van der Waals surface area contributed by atoms with Crippen LogP contribution in [0.3, 0.4) is 0 Å². The predicted octanol–water partition coefficient (Wildman–Crippen LogP) is 4.27. The van der Waals surface area contributed by atoms with Gasteiger partial charge < -0.3 is 10.2 Å². The molecule has 3 aromatic rings. The first-order valence-electron chi connectivity index (χ1n) is 9.16. The minimum atomic E-state index is -2.73. The number of hydrogen-bond donors (Lipinski definition) is 1. The predicted molar refractivity (Wildman–Crippen MR) is 102 cm³/mol. The van der Waals surface area contributed by atoms with Gasteiger partial charge in [-0.3, -0.25) is 4.98 Å². The van der Waals surface area contributed by atoms with Crippen LogP contribution in [0.5, 0.6) is 0 Å². The molecule has 1 aliphatic rings. The summed E-state index contributed by atoms with van der Waals surface area (Å²) in [6.07, 6.45) is 2.65. The normalized spacial score (nSPS) is 18.0. The van der Waals surface area contributed by atoms with E-state index in [1.807, 2.05) is 0 Å². The number of fused-ring (bicyclic) bond motifs is 1. The van der Waals surface area contributed by atoms with E-state index >= 15 is 0 Å². The molecule has 0 radical (unpaired) electrons. The molecule has 0 aliphatic carbocycles. The van der Waals surface area contributed by atoms with Crippen LogP contribution in [0, 0.1) is 5.82 Å². The van der Waals surface area contributed by atoms with E-state index in [0.717, 1.165) is 37.4 Å². The molecule has 4 rings (SSSR count). The highest BCUT2D eigenvalue weighted by atomic mass is 19.3. The summed E-state index contributed by atoms with van der Waals surface area (Å²) in [6.45, 7) is 1.97. The van der Waals surface area contributed by atoms with Gasteiger partial charge in [-0.25, -0.2) is 13.2 Å². The maximum atomic E-state index is 14.5. The standard InChI is InChI=1S/C20H20F3N5/c1-28-8-2-3-13(11-28)25-20-16-10-24-7-6-14(16)18(26-27-20)15-5-4-12(19(22)23)9-17(15)21/h4-7,9-10,13,19H,2-3,8,11H2,1H3,(H,25,27)/t13-/m1/s1. The van der Waals surface area contributed by atoms with Gasteiger partial charge in [-0.15, -0.1) is 10.2 Å². The molecular weight excluding hydrogens is 367 g/mol. The Kier molecular flexibility index (Phi) is 5.13. The van der Waals surface area contributed by atoms with Crippen LogP contribution in [0.2, 0.25) is 0 Å². The number of pyridine rings is 1. The highest BCUT2D eigenvalue weighted by Gasteiger charge is 2.21. The van der Waals surface area contributed by atoms with Gasteiger partial charge in [-0.2, -0.15) is 0 Å². The van der Waals surface area contributed by atoms with Crippen LogP contribution in [-0.4, -0.2) is 46.3 Å². The number of aromatic nitrogens is 3. The smallest absolute Gasteiger partial charge is 0.263 e. The molecule has 2 aromatic heterocycles. The molecular formula is C20H20F3N5. The Morgan fingerprint density at radius 1 is 1.18 bits per heavy atom. The van der Waals surface area contributed by atoms with Crippen LogP contribution in [0.25, 0.3) is 22.0 Å². The van der Waals surface area contributed by atoms with E-state index in [4.69, 9.17) is 0 Å². The van der Waals surface area contributed by atoms with Gasteiger partial charge in [0.05, 0.1) is 0 Å². The van der Waals surface area contributed by atoms with Crippen LogP contribution in [0.15, 0.2) is 36.7 Å².